The van der Waals surface area contributed by atoms with Gasteiger partial charge in [-0.1, -0.05) is 25.4 Å². The van der Waals surface area contributed by atoms with Crippen molar-refractivity contribution in [3.05, 3.63) is 34.9 Å². The second-order valence-corrected chi connectivity index (χ2v) is 6.21. The van der Waals surface area contributed by atoms with Crippen LogP contribution in [0.3, 0.4) is 0 Å². The van der Waals surface area contributed by atoms with E-state index in [9.17, 15) is 9.59 Å². The lowest BCUT2D eigenvalue weighted by molar-refractivity contribution is -0.134. The Morgan fingerprint density at radius 3 is 2.26 bits per heavy atom. The van der Waals surface area contributed by atoms with Crippen LogP contribution in [-0.4, -0.2) is 48.9 Å². The molecule has 0 bridgehead atoms. The monoisotopic (exact) mass is 359 g/mol. The summed E-state index contributed by atoms with van der Waals surface area (Å²) in [6.07, 6.45) is 0. The van der Waals surface area contributed by atoms with Gasteiger partial charge in [0.15, 0.2) is 0 Å². The number of hydrogen-bond donors (Lipinski definition) is 2. The van der Waals surface area contributed by atoms with Crippen molar-refractivity contribution in [2.24, 2.45) is 5.92 Å². The van der Waals surface area contributed by atoms with E-state index in [-0.39, 0.29) is 30.1 Å². The molecular formula is C16H23Cl2N3O2. The fourth-order valence-corrected chi connectivity index (χ4v) is 2.55. The molecule has 0 saturated carbocycles. The first kappa shape index (κ1) is 19.7. The number of carbonyl (C=O) groups excluding carboxylic acids is 2. The lowest BCUT2D eigenvalue weighted by atomic mass is 10.0. The first-order valence-corrected chi connectivity index (χ1v) is 7.93. The molecule has 0 radical (unpaired) electrons. The zero-order valence-corrected chi connectivity index (χ0v) is 14.9. The van der Waals surface area contributed by atoms with Gasteiger partial charge in [0.1, 0.15) is 6.04 Å². The zero-order valence-electron chi connectivity index (χ0n) is 13.3. The third-order valence-electron chi connectivity index (χ3n) is 3.75. The number of carbonyl (C=O) groups is 2. The van der Waals surface area contributed by atoms with Gasteiger partial charge in [-0.3, -0.25) is 9.59 Å². The van der Waals surface area contributed by atoms with E-state index in [1.54, 1.807) is 24.3 Å². The van der Waals surface area contributed by atoms with Crippen molar-refractivity contribution < 1.29 is 9.59 Å². The molecule has 5 nitrogen and oxygen atoms in total. The summed E-state index contributed by atoms with van der Waals surface area (Å²) >= 11 is 5.83. The molecule has 0 spiro atoms. The molecule has 1 atom stereocenters. The van der Waals surface area contributed by atoms with Gasteiger partial charge in [-0.2, -0.15) is 0 Å². The van der Waals surface area contributed by atoms with Gasteiger partial charge >= 0.3 is 0 Å². The number of nitrogens with one attached hydrogen (secondary N) is 2. The number of hydrogen-bond acceptors (Lipinski definition) is 3. The molecule has 1 aromatic carbocycles. The van der Waals surface area contributed by atoms with Gasteiger partial charge in [-0.25, -0.2) is 0 Å². The number of nitrogens with zero attached hydrogens (tertiary/aromatic N) is 1. The Labute approximate surface area is 148 Å². The normalized spacial score (nSPS) is 15.7. The molecule has 1 aromatic rings. The Kier molecular flexibility index (Phi) is 7.82. The van der Waals surface area contributed by atoms with Gasteiger partial charge in [0, 0.05) is 36.8 Å². The number of halogens is 2. The number of piperazine rings is 1. The Bertz CT molecular complexity index is 529. The van der Waals surface area contributed by atoms with Crippen molar-refractivity contribution in [3.63, 3.8) is 0 Å². The van der Waals surface area contributed by atoms with E-state index in [4.69, 9.17) is 11.6 Å². The molecule has 2 rings (SSSR count). The molecule has 2 amide bonds. The minimum Gasteiger partial charge on any atom is -0.340 e. The predicted octanol–water partition coefficient (Wildman–Crippen LogP) is 1.95. The second-order valence-electron chi connectivity index (χ2n) is 5.78. The average molecular weight is 360 g/mol. The SMILES string of the molecule is CC(C)C(NC(=O)c1ccc(Cl)cc1)C(=O)N1CCNCC1.Cl. The van der Waals surface area contributed by atoms with Crippen LogP contribution >= 0.6 is 24.0 Å². The summed E-state index contributed by atoms with van der Waals surface area (Å²) in [7, 11) is 0. The van der Waals surface area contributed by atoms with Crippen molar-refractivity contribution >= 4 is 35.8 Å². The molecule has 1 fully saturated rings. The number of amides is 2. The van der Waals surface area contributed by atoms with Gasteiger partial charge in [-0.15, -0.1) is 12.4 Å². The summed E-state index contributed by atoms with van der Waals surface area (Å²) in [6, 6.07) is 6.13. The van der Waals surface area contributed by atoms with Crippen LogP contribution in [0.15, 0.2) is 24.3 Å². The molecule has 128 valence electrons. The van der Waals surface area contributed by atoms with Crippen molar-refractivity contribution in [1.29, 1.82) is 0 Å². The summed E-state index contributed by atoms with van der Waals surface area (Å²) in [5, 5.41) is 6.65. The Hall–Kier alpha value is -1.30. The average Bonchev–Trinajstić information content (AvgIpc) is 2.53. The highest BCUT2D eigenvalue weighted by molar-refractivity contribution is 6.30. The van der Waals surface area contributed by atoms with E-state index in [1.807, 2.05) is 18.7 Å². The predicted molar refractivity (Wildman–Crippen MR) is 94.2 cm³/mol. The molecular weight excluding hydrogens is 337 g/mol. The van der Waals surface area contributed by atoms with Gasteiger partial charge in [0.2, 0.25) is 5.91 Å². The van der Waals surface area contributed by atoms with E-state index >= 15 is 0 Å². The molecule has 1 saturated heterocycles. The van der Waals surface area contributed by atoms with Gasteiger partial charge in [0.25, 0.3) is 5.91 Å². The van der Waals surface area contributed by atoms with E-state index in [0.29, 0.717) is 23.7 Å². The molecule has 1 aliphatic rings. The third-order valence-corrected chi connectivity index (χ3v) is 4.01. The van der Waals surface area contributed by atoms with Crippen molar-refractivity contribution in [3.8, 4) is 0 Å². The van der Waals surface area contributed by atoms with E-state index in [2.05, 4.69) is 10.6 Å². The first-order valence-electron chi connectivity index (χ1n) is 7.55. The maximum absolute atomic E-state index is 12.6. The number of benzene rings is 1. The van der Waals surface area contributed by atoms with Gasteiger partial charge in [0.05, 0.1) is 0 Å². The highest BCUT2D eigenvalue weighted by Crippen LogP contribution is 2.12. The third kappa shape index (κ3) is 5.37. The highest BCUT2D eigenvalue weighted by Gasteiger charge is 2.29. The summed E-state index contributed by atoms with van der Waals surface area (Å²) in [6.45, 7) is 6.82. The van der Waals surface area contributed by atoms with Gasteiger partial charge < -0.3 is 15.5 Å². The largest absolute Gasteiger partial charge is 0.340 e. The molecule has 2 N–H and O–H groups in total. The first-order chi connectivity index (χ1) is 10.5. The van der Waals surface area contributed by atoms with Crippen LogP contribution in [0.2, 0.25) is 5.02 Å². The summed E-state index contributed by atoms with van der Waals surface area (Å²) in [4.78, 5) is 26.8. The summed E-state index contributed by atoms with van der Waals surface area (Å²) < 4.78 is 0. The fourth-order valence-electron chi connectivity index (χ4n) is 2.42. The lowest BCUT2D eigenvalue weighted by Gasteiger charge is -2.32. The molecule has 1 heterocycles. The Balaban J connectivity index is 0.00000264. The Morgan fingerprint density at radius 2 is 1.74 bits per heavy atom. The topological polar surface area (TPSA) is 61.4 Å². The Morgan fingerprint density at radius 1 is 1.17 bits per heavy atom. The highest BCUT2D eigenvalue weighted by atomic mass is 35.5. The van der Waals surface area contributed by atoms with E-state index in [0.717, 1.165) is 13.1 Å². The van der Waals surface area contributed by atoms with Crippen molar-refractivity contribution in [1.82, 2.24) is 15.5 Å². The standard InChI is InChI=1S/C16H22ClN3O2.ClH/c1-11(2)14(16(22)20-9-7-18-8-10-20)19-15(21)12-3-5-13(17)6-4-12;/h3-6,11,14,18H,7-10H2,1-2H3,(H,19,21);1H. The van der Waals surface area contributed by atoms with Crippen LogP contribution in [0.1, 0.15) is 24.2 Å². The smallest absolute Gasteiger partial charge is 0.251 e. The van der Waals surface area contributed by atoms with Crippen LogP contribution in [-0.2, 0) is 4.79 Å². The molecule has 7 heteroatoms. The second kappa shape index (κ2) is 9.11. The van der Waals surface area contributed by atoms with Crippen LogP contribution < -0.4 is 10.6 Å². The molecule has 1 unspecified atom stereocenters. The maximum atomic E-state index is 12.6. The molecule has 1 aliphatic heterocycles. The van der Waals surface area contributed by atoms with E-state index in [1.165, 1.54) is 0 Å². The maximum Gasteiger partial charge on any atom is 0.251 e. The quantitative estimate of drug-likeness (QED) is 0.863. The van der Waals surface area contributed by atoms with Crippen molar-refractivity contribution in [2.75, 3.05) is 26.2 Å². The van der Waals surface area contributed by atoms with E-state index < -0.39 is 6.04 Å². The summed E-state index contributed by atoms with van der Waals surface area (Å²) in [5.41, 5.74) is 0.503. The van der Waals surface area contributed by atoms with Crippen LogP contribution in [0.25, 0.3) is 0 Å². The fraction of sp³-hybridized carbons (Fsp3) is 0.500. The molecule has 0 aliphatic carbocycles. The zero-order chi connectivity index (χ0) is 16.1. The minimum absolute atomic E-state index is 0. The van der Waals surface area contributed by atoms with Gasteiger partial charge in [-0.05, 0) is 30.2 Å². The minimum atomic E-state index is -0.513. The van der Waals surface area contributed by atoms with Crippen molar-refractivity contribution in [2.45, 2.75) is 19.9 Å². The molecule has 23 heavy (non-hydrogen) atoms. The molecule has 0 aromatic heterocycles. The van der Waals surface area contributed by atoms with Crippen LogP contribution in [0.5, 0.6) is 0 Å². The van der Waals surface area contributed by atoms with Crippen LogP contribution in [0.4, 0.5) is 0 Å². The lowest BCUT2D eigenvalue weighted by Crippen LogP contribution is -2.55. The number of rotatable bonds is 4. The van der Waals surface area contributed by atoms with Crippen LogP contribution in [0, 0.1) is 5.92 Å². The summed E-state index contributed by atoms with van der Waals surface area (Å²) in [5.74, 6) is -0.240.